The number of hydrogen-bond acceptors (Lipinski definition) is 9. The average molecular weight is 516 g/mol. The Kier molecular flexibility index (Phi) is 11.9. The second-order valence-electron chi connectivity index (χ2n) is 8.73. The number of ether oxygens (including phenoxy) is 5. The second-order valence-corrected chi connectivity index (χ2v) is 8.73. The molecular formula is C28H37NO8. The first-order chi connectivity index (χ1) is 17.7. The quantitative estimate of drug-likeness (QED) is 0.183. The molecule has 2 rings (SSSR count). The zero-order valence-electron chi connectivity index (χ0n) is 22.4. The number of methoxy groups -OCH3 is 1. The van der Waals surface area contributed by atoms with Crippen LogP contribution in [-0.4, -0.2) is 48.8 Å². The van der Waals surface area contributed by atoms with Crippen LogP contribution in [0.4, 0.5) is 0 Å². The molecule has 202 valence electrons. The Morgan fingerprint density at radius 1 is 1.00 bits per heavy atom. The fourth-order valence-corrected chi connectivity index (χ4v) is 3.91. The number of Topliss-reactive ketones (excluding diaryl/α,β-unsaturated/α-hetero) is 1. The molecule has 9 heteroatoms. The maximum atomic E-state index is 13.1. The maximum Gasteiger partial charge on any atom is 0.309 e. The standard InChI is InChI=1S/C28H37NO8/c1-7-21(8-2)26(37-22-12-10-9-11-13-22)19(4)36-28(32)18(3)16-23(31)25-27(35-17-34-20(5)30)24(33-6)14-15-29-25/h9-15,18-19,21,26H,7-8,16-17H2,1-6H3/t18-,19+,26+/m1/s1. The molecule has 1 heterocycles. The molecule has 0 saturated heterocycles. The van der Waals surface area contributed by atoms with E-state index in [-0.39, 0.29) is 35.6 Å². The first-order valence-corrected chi connectivity index (χ1v) is 12.5. The van der Waals surface area contributed by atoms with E-state index in [1.54, 1.807) is 6.92 Å². The lowest BCUT2D eigenvalue weighted by atomic mass is 9.92. The molecule has 0 spiro atoms. The highest BCUT2D eigenvalue weighted by atomic mass is 16.7. The van der Waals surface area contributed by atoms with Crippen LogP contribution in [0.1, 0.15) is 64.4 Å². The van der Waals surface area contributed by atoms with Gasteiger partial charge in [0.1, 0.15) is 18.0 Å². The SMILES string of the molecule is CCC(CC)[C@@H](Oc1ccccc1)[C@H](C)OC(=O)[C@H](C)CC(=O)c1nccc(OC)c1OCOC(C)=O. The van der Waals surface area contributed by atoms with Gasteiger partial charge in [0, 0.05) is 25.6 Å². The minimum atomic E-state index is -0.747. The third-order valence-corrected chi connectivity index (χ3v) is 6.01. The zero-order valence-corrected chi connectivity index (χ0v) is 22.4. The maximum absolute atomic E-state index is 13.1. The number of ketones is 1. The summed E-state index contributed by atoms with van der Waals surface area (Å²) < 4.78 is 27.5. The number of carbonyl (C=O) groups excluding carboxylic acids is 3. The predicted octanol–water partition coefficient (Wildman–Crippen LogP) is 5.01. The van der Waals surface area contributed by atoms with E-state index in [2.05, 4.69) is 18.8 Å². The van der Waals surface area contributed by atoms with Crippen LogP contribution in [0.2, 0.25) is 0 Å². The van der Waals surface area contributed by atoms with Crippen LogP contribution in [0.5, 0.6) is 17.2 Å². The minimum Gasteiger partial charge on any atom is -0.493 e. The molecule has 0 bridgehead atoms. The van der Waals surface area contributed by atoms with Gasteiger partial charge < -0.3 is 23.7 Å². The number of para-hydroxylation sites is 1. The van der Waals surface area contributed by atoms with Crippen molar-refractivity contribution in [3.8, 4) is 17.2 Å². The van der Waals surface area contributed by atoms with Gasteiger partial charge >= 0.3 is 11.9 Å². The van der Waals surface area contributed by atoms with Gasteiger partial charge in [-0.15, -0.1) is 0 Å². The molecule has 1 aromatic heterocycles. The monoisotopic (exact) mass is 515 g/mol. The molecule has 0 aliphatic heterocycles. The van der Waals surface area contributed by atoms with Crippen LogP contribution < -0.4 is 14.2 Å². The van der Waals surface area contributed by atoms with E-state index >= 15 is 0 Å². The van der Waals surface area contributed by atoms with Gasteiger partial charge in [-0.1, -0.05) is 39.0 Å². The van der Waals surface area contributed by atoms with Crippen molar-refractivity contribution in [3.63, 3.8) is 0 Å². The molecule has 0 fully saturated rings. The lowest BCUT2D eigenvalue weighted by molar-refractivity contribution is -0.159. The third-order valence-electron chi connectivity index (χ3n) is 6.01. The van der Waals surface area contributed by atoms with Gasteiger partial charge in [-0.2, -0.15) is 0 Å². The van der Waals surface area contributed by atoms with Crippen molar-refractivity contribution in [2.24, 2.45) is 11.8 Å². The molecule has 2 aromatic rings. The lowest BCUT2D eigenvalue weighted by Crippen LogP contribution is -2.40. The smallest absolute Gasteiger partial charge is 0.309 e. The van der Waals surface area contributed by atoms with Crippen molar-refractivity contribution in [1.29, 1.82) is 0 Å². The molecule has 0 N–H and O–H groups in total. The van der Waals surface area contributed by atoms with Gasteiger partial charge in [0.25, 0.3) is 0 Å². The molecule has 0 aliphatic rings. The summed E-state index contributed by atoms with van der Waals surface area (Å²) >= 11 is 0. The van der Waals surface area contributed by atoms with Crippen LogP contribution >= 0.6 is 0 Å². The van der Waals surface area contributed by atoms with Gasteiger partial charge in [-0.3, -0.25) is 14.4 Å². The highest BCUT2D eigenvalue weighted by molar-refractivity contribution is 5.99. The predicted molar refractivity (Wildman–Crippen MR) is 137 cm³/mol. The van der Waals surface area contributed by atoms with Crippen molar-refractivity contribution < 1.29 is 38.1 Å². The highest BCUT2D eigenvalue weighted by Gasteiger charge is 2.32. The summed E-state index contributed by atoms with van der Waals surface area (Å²) in [5, 5.41) is 0. The summed E-state index contributed by atoms with van der Waals surface area (Å²) in [7, 11) is 1.41. The Morgan fingerprint density at radius 2 is 1.68 bits per heavy atom. The van der Waals surface area contributed by atoms with E-state index < -0.39 is 36.5 Å². The lowest BCUT2D eigenvalue weighted by Gasteiger charge is -2.31. The Labute approximate surface area is 218 Å². The van der Waals surface area contributed by atoms with Crippen molar-refractivity contribution in [2.45, 2.75) is 66.1 Å². The normalized spacial score (nSPS) is 13.3. The summed E-state index contributed by atoms with van der Waals surface area (Å²) in [4.78, 5) is 41.2. The Hall–Kier alpha value is -3.62. The first kappa shape index (κ1) is 29.6. The fourth-order valence-electron chi connectivity index (χ4n) is 3.91. The zero-order chi connectivity index (χ0) is 27.4. The fraction of sp³-hybridized carbons (Fsp3) is 0.500. The number of benzene rings is 1. The molecule has 0 radical (unpaired) electrons. The van der Waals surface area contributed by atoms with Crippen molar-refractivity contribution in [3.05, 3.63) is 48.3 Å². The minimum absolute atomic E-state index is 0.0264. The summed E-state index contributed by atoms with van der Waals surface area (Å²) in [5.41, 5.74) is -0.0264. The largest absolute Gasteiger partial charge is 0.493 e. The molecule has 0 aliphatic carbocycles. The molecule has 0 unspecified atom stereocenters. The van der Waals surface area contributed by atoms with E-state index in [0.29, 0.717) is 5.75 Å². The Bertz CT molecular complexity index is 1020. The first-order valence-electron chi connectivity index (χ1n) is 12.5. The summed E-state index contributed by atoms with van der Waals surface area (Å²) in [6.45, 7) is 8.41. The molecule has 0 amide bonds. The topological polar surface area (TPSA) is 110 Å². The average Bonchev–Trinajstić information content (AvgIpc) is 2.88. The van der Waals surface area contributed by atoms with Gasteiger partial charge in [0.2, 0.25) is 6.79 Å². The number of carbonyl (C=O) groups is 3. The number of aromatic nitrogens is 1. The molecule has 9 nitrogen and oxygen atoms in total. The number of hydrogen-bond donors (Lipinski definition) is 0. The van der Waals surface area contributed by atoms with Gasteiger partial charge in [-0.05, 0) is 37.8 Å². The molecule has 1 aromatic carbocycles. The molecule has 3 atom stereocenters. The van der Waals surface area contributed by atoms with Crippen LogP contribution in [0.15, 0.2) is 42.6 Å². The molecule has 0 saturated carbocycles. The van der Waals surface area contributed by atoms with E-state index in [1.807, 2.05) is 37.3 Å². The van der Waals surface area contributed by atoms with Gasteiger partial charge in [0.05, 0.1) is 13.0 Å². The Balaban J connectivity index is 2.11. The van der Waals surface area contributed by atoms with Crippen molar-refractivity contribution in [1.82, 2.24) is 4.98 Å². The van der Waals surface area contributed by atoms with Crippen LogP contribution in [0.25, 0.3) is 0 Å². The number of pyridine rings is 1. The number of esters is 2. The van der Waals surface area contributed by atoms with Gasteiger partial charge in [0.15, 0.2) is 23.0 Å². The molecule has 37 heavy (non-hydrogen) atoms. The van der Waals surface area contributed by atoms with Crippen LogP contribution in [0.3, 0.4) is 0 Å². The van der Waals surface area contributed by atoms with E-state index in [0.717, 1.165) is 12.8 Å². The summed E-state index contributed by atoms with van der Waals surface area (Å²) in [6, 6.07) is 10.9. The van der Waals surface area contributed by atoms with Crippen LogP contribution in [-0.2, 0) is 19.1 Å². The summed E-state index contributed by atoms with van der Waals surface area (Å²) in [5.74, 6) is -1.07. The van der Waals surface area contributed by atoms with E-state index in [4.69, 9.17) is 23.7 Å². The van der Waals surface area contributed by atoms with Crippen molar-refractivity contribution >= 4 is 17.7 Å². The van der Waals surface area contributed by atoms with Crippen molar-refractivity contribution in [2.75, 3.05) is 13.9 Å². The van der Waals surface area contributed by atoms with E-state index in [9.17, 15) is 14.4 Å². The third kappa shape index (κ3) is 8.77. The highest BCUT2D eigenvalue weighted by Crippen LogP contribution is 2.31. The van der Waals surface area contributed by atoms with E-state index in [1.165, 1.54) is 26.3 Å². The Morgan fingerprint density at radius 3 is 2.27 bits per heavy atom. The van der Waals surface area contributed by atoms with Gasteiger partial charge in [-0.25, -0.2) is 4.98 Å². The number of nitrogens with zero attached hydrogens (tertiary/aromatic N) is 1. The summed E-state index contributed by atoms with van der Waals surface area (Å²) in [6.07, 6.45) is 2.09. The number of rotatable bonds is 15. The van der Waals surface area contributed by atoms with Crippen LogP contribution in [0, 0.1) is 11.8 Å². The second kappa shape index (κ2) is 14.8. The molecular weight excluding hydrogens is 478 g/mol.